The highest BCUT2D eigenvalue weighted by Crippen LogP contribution is 2.34. The van der Waals surface area contributed by atoms with Gasteiger partial charge in [0, 0.05) is 6.04 Å². The van der Waals surface area contributed by atoms with E-state index in [1.807, 2.05) is 78.9 Å². The minimum atomic E-state index is -1.16. The Bertz CT molecular complexity index is 883. The molecule has 0 aliphatic rings. The Hall–Kier alpha value is -2.53. The maximum absolute atomic E-state index is 10.8. The molecule has 0 spiro atoms. The molecule has 0 saturated heterocycles. The zero-order valence-corrected chi connectivity index (χ0v) is 17.6. The molecule has 0 saturated carbocycles. The highest BCUT2D eigenvalue weighted by atomic mass is 35.5. The van der Waals surface area contributed by atoms with Gasteiger partial charge in [-0.3, -0.25) is 0 Å². The van der Waals surface area contributed by atoms with Crippen LogP contribution in [0, 0.1) is 0 Å². The monoisotopic (exact) mass is 413 g/mol. The van der Waals surface area contributed by atoms with Gasteiger partial charge in [-0.2, -0.15) is 0 Å². The van der Waals surface area contributed by atoms with Crippen molar-refractivity contribution in [2.24, 2.45) is 5.73 Å². The number of rotatable bonds is 8. The summed E-state index contributed by atoms with van der Waals surface area (Å²) in [7, 11) is 0. The maximum Gasteiger partial charge on any atom is 0.162 e. The molecular weight excluding hydrogens is 386 g/mol. The van der Waals surface area contributed by atoms with E-state index in [-0.39, 0.29) is 12.4 Å². The predicted octanol–water partition coefficient (Wildman–Crippen LogP) is 4.82. The second-order valence-corrected chi connectivity index (χ2v) is 7.15. The van der Waals surface area contributed by atoms with Crippen molar-refractivity contribution in [3.05, 3.63) is 95.6 Å². The average Bonchev–Trinajstić information content (AvgIpc) is 2.72. The van der Waals surface area contributed by atoms with Crippen LogP contribution >= 0.6 is 12.4 Å². The molecular formula is C24H28ClNO3. The standard InChI is InChI=1S/C24H27NO3.ClH/c1-18(25)24(2,26)21-13-14-22(27-16-19-9-5-3-6-10-19)23(15-21)28-17-20-11-7-4-8-12-20;/h3-15,18,26H,16-17,25H2,1-2H3;1H. The lowest BCUT2D eigenvalue weighted by molar-refractivity contribution is 0.0345. The quantitative estimate of drug-likeness (QED) is 0.555. The van der Waals surface area contributed by atoms with Crippen molar-refractivity contribution >= 4 is 12.4 Å². The molecule has 3 aromatic rings. The van der Waals surface area contributed by atoms with E-state index in [4.69, 9.17) is 15.2 Å². The summed E-state index contributed by atoms with van der Waals surface area (Å²) >= 11 is 0. The number of hydrogen-bond acceptors (Lipinski definition) is 4. The van der Waals surface area contributed by atoms with E-state index in [9.17, 15) is 5.11 Å². The van der Waals surface area contributed by atoms with Gasteiger partial charge in [-0.25, -0.2) is 0 Å². The first kappa shape index (κ1) is 22.8. The molecule has 5 heteroatoms. The summed E-state index contributed by atoms with van der Waals surface area (Å²) in [5.74, 6) is 1.21. The van der Waals surface area contributed by atoms with Gasteiger partial charge in [0.25, 0.3) is 0 Å². The van der Waals surface area contributed by atoms with E-state index in [0.717, 1.165) is 11.1 Å². The van der Waals surface area contributed by atoms with Crippen LogP contribution in [-0.4, -0.2) is 11.1 Å². The largest absolute Gasteiger partial charge is 0.485 e. The van der Waals surface area contributed by atoms with Crippen molar-refractivity contribution in [2.75, 3.05) is 0 Å². The van der Waals surface area contributed by atoms with Crippen molar-refractivity contribution in [3.63, 3.8) is 0 Å². The van der Waals surface area contributed by atoms with Gasteiger partial charge in [0.05, 0.1) is 0 Å². The first-order valence-electron chi connectivity index (χ1n) is 9.43. The van der Waals surface area contributed by atoms with Crippen molar-refractivity contribution in [1.82, 2.24) is 0 Å². The molecule has 3 aromatic carbocycles. The third kappa shape index (κ3) is 5.97. The van der Waals surface area contributed by atoms with Gasteiger partial charge in [0.1, 0.15) is 18.8 Å². The SMILES string of the molecule is CC(N)C(C)(O)c1ccc(OCc2ccccc2)c(OCc2ccccc2)c1.Cl. The van der Waals surface area contributed by atoms with Crippen molar-refractivity contribution < 1.29 is 14.6 Å². The molecule has 4 nitrogen and oxygen atoms in total. The van der Waals surface area contributed by atoms with Gasteiger partial charge in [-0.15, -0.1) is 12.4 Å². The molecule has 0 aromatic heterocycles. The van der Waals surface area contributed by atoms with Gasteiger partial charge >= 0.3 is 0 Å². The van der Waals surface area contributed by atoms with Crippen LogP contribution in [0.5, 0.6) is 11.5 Å². The Labute approximate surface area is 178 Å². The van der Waals surface area contributed by atoms with E-state index < -0.39 is 11.6 Å². The van der Waals surface area contributed by atoms with Crippen LogP contribution in [0.15, 0.2) is 78.9 Å². The van der Waals surface area contributed by atoms with E-state index in [1.54, 1.807) is 13.8 Å². The Morgan fingerprint density at radius 1 is 0.828 bits per heavy atom. The van der Waals surface area contributed by atoms with Crippen LogP contribution in [0.3, 0.4) is 0 Å². The average molecular weight is 414 g/mol. The lowest BCUT2D eigenvalue weighted by Gasteiger charge is -2.28. The van der Waals surface area contributed by atoms with Gasteiger partial charge in [0.2, 0.25) is 0 Å². The Morgan fingerprint density at radius 2 is 1.31 bits per heavy atom. The summed E-state index contributed by atoms with van der Waals surface area (Å²) in [6.45, 7) is 4.33. The maximum atomic E-state index is 10.8. The number of benzene rings is 3. The Balaban J connectivity index is 0.00000300. The third-order valence-corrected chi connectivity index (χ3v) is 4.89. The van der Waals surface area contributed by atoms with E-state index in [2.05, 4.69) is 0 Å². The molecule has 3 N–H and O–H groups in total. The molecule has 0 amide bonds. The molecule has 0 fully saturated rings. The molecule has 2 atom stereocenters. The lowest BCUT2D eigenvalue weighted by Crippen LogP contribution is -2.40. The molecule has 2 unspecified atom stereocenters. The first-order chi connectivity index (χ1) is 13.5. The van der Waals surface area contributed by atoms with Gasteiger partial charge in [0.15, 0.2) is 11.5 Å². The normalized spacial score (nSPS) is 13.7. The predicted molar refractivity (Wildman–Crippen MR) is 118 cm³/mol. The molecule has 0 bridgehead atoms. The van der Waals surface area contributed by atoms with E-state index >= 15 is 0 Å². The molecule has 3 rings (SSSR count). The van der Waals surface area contributed by atoms with Gasteiger partial charge in [-0.1, -0.05) is 66.7 Å². The van der Waals surface area contributed by atoms with Crippen molar-refractivity contribution in [2.45, 2.75) is 38.7 Å². The number of halogens is 1. The number of hydrogen-bond donors (Lipinski definition) is 2. The zero-order valence-electron chi connectivity index (χ0n) is 16.7. The van der Waals surface area contributed by atoms with E-state index in [0.29, 0.717) is 30.3 Å². The molecule has 0 aliphatic heterocycles. The number of aliphatic hydroxyl groups is 1. The number of nitrogens with two attached hydrogens (primary N) is 1. The van der Waals surface area contributed by atoms with E-state index in [1.165, 1.54) is 0 Å². The smallest absolute Gasteiger partial charge is 0.162 e. The number of ether oxygens (including phenoxy) is 2. The third-order valence-electron chi connectivity index (χ3n) is 4.89. The van der Waals surface area contributed by atoms with Crippen molar-refractivity contribution in [3.8, 4) is 11.5 Å². The highest BCUT2D eigenvalue weighted by Gasteiger charge is 2.29. The van der Waals surface area contributed by atoms with Crippen LogP contribution < -0.4 is 15.2 Å². The summed E-state index contributed by atoms with van der Waals surface area (Å²) < 4.78 is 12.1. The minimum Gasteiger partial charge on any atom is -0.485 e. The molecule has 154 valence electrons. The van der Waals surface area contributed by atoms with Gasteiger partial charge < -0.3 is 20.3 Å². The second-order valence-electron chi connectivity index (χ2n) is 7.15. The summed E-state index contributed by atoms with van der Waals surface area (Å²) in [6, 6.07) is 24.9. The topological polar surface area (TPSA) is 64.7 Å². The highest BCUT2D eigenvalue weighted by molar-refractivity contribution is 5.85. The fourth-order valence-corrected chi connectivity index (χ4v) is 2.79. The summed E-state index contributed by atoms with van der Waals surface area (Å²) in [5, 5.41) is 10.8. The molecule has 0 heterocycles. The molecule has 0 radical (unpaired) electrons. The van der Waals surface area contributed by atoms with Crippen LogP contribution in [0.1, 0.15) is 30.5 Å². The fraction of sp³-hybridized carbons (Fsp3) is 0.250. The Kier molecular flexibility index (Phi) is 8.09. The molecule has 29 heavy (non-hydrogen) atoms. The summed E-state index contributed by atoms with van der Waals surface area (Å²) in [6.07, 6.45) is 0. The zero-order chi connectivity index (χ0) is 20.0. The first-order valence-corrected chi connectivity index (χ1v) is 9.43. The summed E-state index contributed by atoms with van der Waals surface area (Å²) in [5.41, 5.74) is 7.63. The minimum absolute atomic E-state index is 0. The van der Waals surface area contributed by atoms with Crippen LogP contribution in [0.2, 0.25) is 0 Å². The second kappa shape index (κ2) is 10.3. The lowest BCUT2D eigenvalue weighted by atomic mass is 9.89. The Morgan fingerprint density at radius 3 is 1.79 bits per heavy atom. The fourth-order valence-electron chi connectivity index (χ4n) is 2.79. The van der Waals surface area contributed by atoms with Crippen LogP contribution in [0.4, 0.5) is 0 Å². The summed E-state index contributed by atoms with van der Waals surface area (Å²) in [4.78, 5) is 0. The van der Waals surface area contributed by atoms with Gasteiger partial charge in [-0.05, 0) is 42.7 Å². The van der Waals surface area contributed by atoms with Crippen LogP contribution in [-0.2, 0) is 18.8 Å². The van der Waals surface area contributed by atoms with Crippen LogP contribution in [0.25, 0.3) is 0 Å². The molecule has 0 aliphatic carbocycles. The van der Waals surface area contributed by atoms with Crippen molar-refractivity contribution in [1.29, 1.82) is 0 Å².